The van der Waals surface area contributed by atoms with Crippen LogP contribution < -0.4 is 4.74 Å². The molecule has 0 radical (unpaired) electrons. The Balaban J connectivity index is 1.71. The first-order chi connectivity index (χ1) is 16.4. The van der Waals surface area contributed by atoms with Gasteiger partial charge in [-0.3, -0.25) is 24.4 Å². The predicted octanol–water partition coefficient (Wildman–Crippen LogP) is 3.11. The highest BCUT2D eigenvalue weighted by Crippen LogP contribution is 2.56. The number of alkyl halides is 3. The van der Waals surface area contributed by atoms with Gasteiger partial charge in [-0.15, -0.1) is 13.2 Å². The third kappa shape index (κ3) is 3.49. The Morgan fingerprint density at radius 1 is 1.09 bits per heavy atom. The molecular weight excluding hydrogens is 471 g/mol. The van der Waals surface area contributed by atoms with E-state index in [1.807, 2.05) is 0 Å². The van der Waals surface area contributed by atoms with Gasteiger partial charge < -0.3 is 9.84 Å². The molecule has 0 unspecified atom stereocenters. The zero-order chi connectivity index (χ0) is 25.4. The van der Waals surface area contributed by atoms with Crippen LogP contribution in [0.2, 0.25) is 0 Å². The number of phenolic OH excluding ortho intramolecular Hbond substituents is 1. The quantitative estimate of drug-likeness (QED) is 0.283. The molecule has 0 bridgehead atoms. The van der Waals surface area contributed by atoms with Crippen LogP contribution in [0, 0.1) is 17.8 Å². The number of rotatable bonds is 2. The number of carbonyl (C=O) groups excluding carboxylic acids is 4. The van der Waals surface area contributed by atoms with Crippen molar-refractivity contribution in [3.8, 4) is 11.5 Å². The summed E-state index contributed by atoms with van der Waals surface area (Å²) in [5, 5.41) is 20.6. The summed E-state index contributed by atoms with van der Waals surface area (Å²) in [4.78, 5) is 51.3. The summed E-state index contributed by atoms with van der Waals surface area (Å²) < 4.78 is 42.6. The van der Waals surface area contributed by atoms with Crippen LogP contribution in [0.15, 0.2) is 52.6 Å². The van der Waals surface area contributed by atoms with Crippen LogP contribution >= 0.6 is 0 Å². The summed E-state index contributed by atoms with van der Waals surface area (Å²) in [7, 11) is 0. The van der Waals surface area contributed by atoms with Crippen LogP contribution in [0.5, 0.6) is 11.5 Å². The van der Waals surface area contributed by atoms with Gasteiger partial charge in [-0.05, 0) is 50.0 Å². The molecule has 1 aliphatic heterocycles. The maximum atomic E-state index is 13.1. The standard InChI is InChI=1S/C24H18F3NO7/c1-9-6-17(30)20-15(21(9)31)8-13-11(3-4-12-19(13)23(33)28(34)22(12)32)18(20)14-7-10(2-5-16(14)29)35-24(25,26)27/h2-3,5-7,12-13,18-19,29,34H,4,8H2,1H3/t12-,13+,18+,19-/m0/s1. The Labute approximate surface area is 195 Å². The molecule has 2 amide bonds. The number of benzene rings is 1. The fraction of sp³-hybridized carbons (Fsp3) is 0.333. The number of phenols is 1. The second-order valence-electron chi connectivity index (χ2n) is 8.99. The number of halogens is 3. The highest BCUT2D eigenvalue weighted by atomic mass is 19.4. The van der Waals surface area contributed by atoms with Gasteiger partial charge >= 0.3 is 6.36 Å². The smallest absolute Gasteiger partial charge is 0.508 e. The molecule has 0 spiro atoms. The first kappa shape index (κ1) is 23.0. The zero-order valence-electron chi connectivity index (χ0n) is 18.1. The van der Waals surface area contributed by atoms with Crippen molar-refractivity contribution in [1.29, 1.82) is 0 Å². The van der Waals surface area contributed by atoms with E-state index in [1.165, 1.54) is 6.92 Å². The first-order valence-corrected chi connectivity index (χ1v) is 10.7. The Kier molecular flexibility index (Phi) is 5.03. The second kappa shape index (κ2) is 7.64. The summed E-state index contributed by atoms with van der Waals surface area (Å²) in [6, 6.07) is 2.84. The Morgan fingerprint density at radius 3 is 2.49 bits per heavy atom. The lowest BCUT2D eigenvalue weighted by atomic mass is 9.59. The molecule has 4 atom stereocenters. The van der Waals surface area contributed by atoms with E-state index in [-0.39, 0.29) is 40.2 Å². The molecule has 1 aromatic carbocycles. The number of carbonyl (C=O) groups is 4. The monoisotopic (exact) mass is 489 g/mol. The van der Waals surface area contributed by atoms with Gasteiger partial charge in [-0.1, -0.05) is 11.6 Å². The maximum Gasteiger partial charge on any atom is 0.573 e. The van der Waals surface area contributed by atoms with Gasteiger partial charge in [-0.25, -0.2) is 0 Å². The molecule has 1 heterocycles. The number of fused-ring (bicyclic) bond motifs is 3. The average molecular weight is 489 g/mol. The van der Waals surface area contributed by atoms with E-state index in [9.17, 15) is 42.7 Å². The van der Waals surface area contributed by atoms with E-state index in [1.54, 1.807) is 6.08 Å². The van der Waals surface area contributed by atoms with Crippen molar-refractivity contribution >= 4 is 23.4 Å². The summed E-state index contributed by atoms with van der Waals surface area (Å²) in [5.74, 6) is -7.55. The van der Waals surface area contributed by atoms with E-state index >= 15 is 0 Å². The van der Waals surface area contributed by atoms with Crippen LogP contribution in [0.1, 0.15) is 31.2 Å². The number of Topliss-reactive ketones (excluding diaryl/α,β-unsaturated/α-hetero) is 1. The summed E-state index contributed by atoms with van der Waals surface area (Å²) in [6.45, 7) is 1.45. The number of ether oxygens (including phenoxy) is 1. The first-order valence-electron chi connectivity index (χ1n) is 10.7. The largest absolute Gasteiger partial charge is 0.573 e. The van der Waals surface area contributed by atoms with Crippen molar-refractivity contribution in [3.63, 3.8) is 0 Å². The molecule has 1 fully saturated rings. The molecule has 1 aromatic rings. The van der Waals surface area contributed by atoms with Crippen LogP contribution in [0.3, 0.4) is 0 Å². The van der Waals surface area contributed by atoms with Crippen LogP contribution in [-0.2, 0) is 19.2 Å². The number of amides is 2. The van der Waals surface area contributed by atoms with Crippen LogP contribution in [0.25, 0.3) is 0 Å². The van der Waals surface area contributed by atoms with E-state index in [0.29, 0.717) is 5.57 Å². The molecule has 8 nitrogen and oxygen atoms in total. The van der Waals surface area contributed by atoms with Crippen LogP contribution in [0.4, 0.5) is 13.2 Å². The second-order valence-corrected chi connectivity index (χ2v) is 8.99. The highest BCUT2D eigenvalue weighted by molar-refractivity contribution is 6.23. The number of imide groups is 1. The van der Waals surface area contributed by atoms with E-state index in [0.717, 1.165) is 24.3 Å². The molecule has 35 heavy (non-hydrogen) atoms. The lowest BCUT2D eigenvalue weighted by molar-refractivity contribution is -0.274. The molecular formula is C24H18F3NO7. The number of ketones is 2. The number of aromatic hydroxyl groups is 1. The minimum atomic E-state index is -5.01. The maximum absolute atomic E-state index is 13.1. The summed E-state index contributed by atoms with van der Waals surface area (Å²) in [5.41, 5.74) is 0.526. The van der Waals surface area contributed by atoms with Gasteiger partial charge in [0.2, 0.25) is 0 Å². The highest BCUT2D eigenvalue weighted by Gasteiger charge is 2.56. The number of nitrogens with zero attached hydrogens (tertiary/aromatic N) is 1. The van der Waals surface area contributed by atoms with Crippen molar-refractivity contribution < 1.29 is 47.4 Å². The van der Waals surface area contributed by atoms with Gasteiger partial charge in [-0.2, -0.15) is 5.06 Å². The average Bonchev–Trinajstić information content (AvgIpc) is 3.00. The zero-order valence-corrected chi connectivity index (χ0v) is 18.1. The van der Waals surface area contributed by atoms with Crippen molar-refractivity contribution in [2.24, 2.45) is 17.8 Å². The predicted molar refractivity (Wildman–Crippen MR) is 110 cm³/mol. The van der Waals surface area contributed by atoms with E-state index in [2.05, 4.69) is 4.74 Å². The van der Waals surface area contributed by atoms with Crippen molar-refractivity contribution in [3.05, 3.63) is 58.2 Å². The molecule has 4 aliphatic rings. The van der Waals surface area contributed by atoms with E-state index < -0.39 is 64.9 Å². The number of allylic oxidation sites excluding steroid dienone is 6. The summed E-state index contributed by atoms with van der Waals surface area (Å²) in [6.07, 6.45) is -2.31. The Morgan fingerprint density at radius 2 is 1.80 bits per heavy atom. The lowest BCUT2D eigenvalue weighted by Crippen LogP contribution is -2.39. The molecule has 182 valence electrons. The molecule has 5 rings (SSSR count). The number of hydrogen-bond donors (Lipinski definition) is 2. The van der Waals surface area contributed by atoms with Gasteiger partial charge in [0.1, 0.15) is 11.5 Å². The normalized spacial score (nSPS) is 28.4. The third-order valence-electron chi connectivity index (χ3n) is 7.08. The number of hydroxylamine groups is 2. The lowest BCUT2D eigenvalue weighted by Gasteiger charge is -2.42. The molecule has 0 aromatic heterocycles. The number of hydrogen-bond acceptors (Lipinski definition) is 7. The molecule has 1 saturated heterocycles. The fourth-order valence-corrected chi connectivity index (χ4v) is 5.68. The SMILES string of the molecule is CC1=CC(=O)C2=C(C[C@@H]3C(=CC[C@@H]4C(=O)N(O)C(=O)[C@@H]43)[C@@H]2c2cc(OC(F)(F)F)ccc2O)C1=O. The van der Waals surface area contributed by atoms with E-state index in [4.69, 9.17) is 0 Å². The Bertz CT molecular complexity index is 1310. The topological polar surface area (TPSA) is 121 Å². The van der Waals surface area contributed by atoms with Crippen molar-refractivity contribution in [2.45, 2.75) is 32.0 Å². The van der Waals surface area contributed by atoms with Gasteiger partial charge in [0, 0.05) is 28.2 Å². The molecule has 3 aliphatic carbocycles. The minimum Gasteiger partial charge on any atom is -0.508 e. The van der Waals surface area contributed by atoms with Crippen molar-refractivity contribution in [1.82, 2.24) is 5.06 Å². The molecule has 11 heteroatoms. The molecule has 2 N–H and O–H groups in total. The van der Waals surface area contributed by atoms with Gasteiger partial charge in [0.25, 0.3) is 11.8 Å². The molecule has 0 saturated carbocycles. The fourth-order valence-electron chi connectivity index (χ4n) is 5.68. The van der Waals surface area contributed by atoms with Gasteiger partial charge in [0.05, 0.1) is 11.8 Å². The van der Waals surface area contributed by atoms with Crippen molar-refractivity contribution in [2.75, 3.05) is 0 Å². The Hall–Kier alpha value is -3.73. The van der Waals surface area contributed by atoms with Crippen LogP contribution in [-0.4, -0.2) is 45.1 Å². The minimum absolute atomic E-state index is 0.00126. The third-order valence-corrected chi connectivity index (χ3v) is 7.08. The summed E-state index contributed by atoms with van der Waals surface area (Å²) >= 11 is 0. The van der Waals surface area contributed by atoms with Gasteiger partial charge in [0.15, 0.2) is 11.6 Å².